The largest absolute Gasteiger partial charge is 0.410 e. The molecule has 72 valence electrons. The smallest absolute Gasteiger partial charge is 0.382 e. The molecule has 0 saturated heterocycles. The molecule has 1 unspecified atom stereocenters. The highest BCUT2D eigenvalue weighted by Gasteiger charge is 2.41. The SMILES string of the molecule is Nc1nccnc1C(Cl)C(F)(F)F. The molecule has 0 fully saturated rings. The minimum atomic E-state index is -4.56. The lowest BCUT2D eigenvalue weighted by molar-refractivity contribution is -0.132. The molecule has 0 spiro atoms. The van der Waals surface area contributed by atoms with Gasteiger partial charge in [-0.2, -0.15) is 13.2 Å². The van der Waals surface area contributed by atoms with Gasteiger partial charge in [-0.3, -0.25) is 4.98 Å². The van der Waals surface area contributed by atoms with Crippen molar-refractivity contribution >= 4 is 17.4 Å². The molecule has 0 aromatic carbocycles. The third-order valence-electron chi connectivity index (χ3n) is 1.28. The van der Waals surface area contributed by atoms with E-state index < -0.39 is 17.2 Å². The molecule has 13 heavy (non-hydrogen) atoms. The molecule has 3 nitrogen and oxygen atoms in total. The minimum Gasteiger partial charge on any atom is -0.382 e. The van der Waals surface area contributed by atoms with Gasteiger partial charge in [0.05, 0.1) is 0 Å². The second-order valence-electron chi connectivity index (χ2n) is 2.23. The van der Waals surface area contributed by atoms with Crippen LogP contribution in [0.3, 0.4) is 0 Å². The van der Waals surface area contributed by atoms with Crippen LogP contribution in [0, 0.1) is 0 Å². The fourth-order valence-electron chi connectivity index (χ4n) is 0.710. The van der Waals surface area contributed by atoms with Crippen molar-refractivity contribution in [3.05, 3.63) is 18.1 Å². The van der Waals surface area contributed by atoms with Crippen molar-refractivity contribution < 1.29 is 13.2 Å². The van der Waals surface area contributed by atoms with Crippen molar-refractivity contribution in [2.45, 2.75) is 11.6 Å². The van der Waals surface area contributed by atoms with Gasteiger partial charge in [-0.15, -0.1) is 11.6 Å². The van der Waals surface area contributed by atoms with Crippen LogP contribution >= 0.6 is 11.6 Å². The number of aromatic nitrogens is 2. The lowest BCUT2D eigenvalue weighted by Gasteiger charge is -2.13. The van der Waals surface area contributed by atoms with E-state index in [9.17, 15) is 13.2 Å². The molecule has 1 heterocycles. The van der Waals surface area contributed by atoms with Crippen LogP contribution in [0.5, 0.6) is 0 Å². The predicted molar refractivity (Wildman–Crippen MR) is 41.1 cm³/mol. The highest BCUT2D eigenvalue weighted by molar-refractivity contribution is 6.21. The first-order chi connectivity index (χ1) is 5.93. The highest BCUT2D eigenvalue weighted by Crippen LogP contribution is 2.38. The van der Waals surface area contributed by atoms with Crippen molar-refractivity contribution in [2.24, 2.45) is 0 Å². The van der Waals surface area contributed by atoms with Crippen LogP contribution in [-0.4, -0.2) is 16.1 Å². The van der Waals surface area contributed by atoms with Gasteiger partial charge in [-0.05, 0) is 0 Å². The minimum absolute atomic E-state index is 0.306. The number of nitrogens with zero attached hydrogens (tertiary/aromatic N) is 2. The molecule has 0 bridgehead atoms. The Hall–Kier alpha value is -1.04. The molecule has 1 aromatic heterocycles. The van der Waals surface area contributed by atoms with Crippen molar-refractivity contribution in [3.8, 4) is 0 Å². The van der Waals surface area contributed by atoms with Crippen LogP contribution in [0.4, 0.5) is 19.0 Å². The van der Waals surface area contributed by atoms with Gasteiger partial charge in [0, 0.05) is 12.4 Å². The van der Waals surface area contributed by atoms with Gasteiger partial charge in [-0.1, -0.05) is 0 Å². The van der Waals surface area contributed by atoms with Gasteiger partial charge in [0.25, 0.3) is 0 Å². The van der Waals surface area contributed by atoms with Gasteiger partial charge in [-0.25, -0.2) is 4.98 Å². The summed E-state index contributed by atoms with van der Waals surface area (Å²) in [6.07, 6.45) is -2.27. The van der Waals surface area contributed by atoms with Gasteiger partial charge in [0.2, 0.25) is 0 Å². The Labute approximate surface area is 76.7 Å². The summed E-state index contributed by atoms with van der Waals surface area (Å²) in [6.45, 7) is 0. The number of hydrogen-bond acceptors (Lipinski definition) is 3. The first-order valence-electron chi connectivity index (χ1n) is 3.20. The second kappa shape index (κ2) is 3.37. The maximum absolute atomic E-state index is 12.1. The van der Waals surface area contributed by atoms with Crippen LogP contribution in [-0.2, 0) is 0 Å². The lowest BCUT2D eigenvalue weighted by Crippen LogP contribution is -2.18. The average molecular weight is 212 g/mol. The quantitative estimate of drug-likeness (QED) is 0.722. The Morgan fingerprint density at radius 3 is 2.31 bits per heavy atom. The molecule has 1 rings (SSSR count). The number of anilines is 1. The zero-order chi connectivity index (χ0) is 10.1. The van der Waals surface area contributed by atoms with Gasteiger partial charge >= 0.3 is 6.18 Å². The van der Waals surface area contributed by atoms with Crippen molar-refractivity contribution in [2.75, 3.05) is 5.73 Å². The van der Waals surface area contributed by atoms with Crippen LogP contribution < -0.4 is 5.73 Å². The van der Waals surface area contributed by atoms with Crippen LogP contribution in [0.2, 0.25) is 0 Å². The van der Waals surface area contributed by atoms with Gasteiger partial charge < -0.3 is 5.73 Å². The molecule has 0 saturated carbocycles. The van der Waals surface area contributed by atoms with Gasteiger partial charge in [0.15, 0.2) is 5.38 Å². The summed E-state index contributed by atoms with van der Waals surface area (Å²) in [4.78, 5) is 6.85. The first-order valence-corrected chi connectivity index (χ1v) is 3.63. The van der Waals surface area contributed by atoms with Crippen molar-refractivity contribution in [3.63, 3.8) is 0 Å². The van der Waals surface area contributed by atoms with E-state index in [1.165, 1.54) is 6.20 Å². The van der Waals surface area contributed by atoms with E-state index in [2.05, 4.69) is 9.97 Å². The molecule has 0 aliphatic rings. The Morgan fingerprint density at radius 1 is 1.31 bits per heavy atom. The summed E-state index contributed by atoms with van der Waals surface area (Å²) in [5, 5.41) is -2.21. The third-order valence-corrected chi connectivity index (χ3v) is 1.74. The van der Waals surface area contributed by atoms with E-state index in [0.29, 0.717) is 0 Å². The molecule has 0 amide bonds. The van der Waals surface area contributed by atoms with E-state index >= 15 is 0 Å². The zero-order valence-corrected chi connectivity index (χ0v) is 6.97. The van der Waals surface area contributed by atoms with E-state index in [-0.39, 0.29) is 5.82 Å². The van der Waals surface area contributed by atoms with Crippen LogP contribution in [0.15, 0.2) is 12.4 Å². The summed E-state index contributed by atoms with van der Waals surface area (Å²) in [5.74, 6) is -0.306. The number of halogens is 4. The normalized spacial score (nSPS) is 14.2. The first kappa shape index (κ1) is 10.0. The van der Waals surface area contributed by atoms with Crippen LogP contribution in [0.1, 0.15) is 11.1 Å². The fraction of sp³-hybridized carbons (Fsp3) is 0.333. The van der Waals surface area contributed by atoms with Crippen molar-refractivity contribution in [1.29, 1.82) is 0 Å². The average Bonchev–Trinajstić information content (AvgIpc) is 2.02. The molecule has 0 aliphatic heterocycles. The monoisotopic (exact) mass is 211 g/mol. The summed E-state index contributed by atoms with van der Waals surface area (Å²) in [6, 6.07) is 0. The summed E-state index contributed by atoms with van der Waals surface area (Å²) < 4.78 is 36.2. The van der Waals surface area contributed by atoms with E-state index in [1.54, 1.807) is 0 Å². The third kappa shape index (κ3) is 2.21. The number of alkyl halides is 4. The summed E-state index contributed by atoms with van der Waals surface area (Å²) >= 11 is 5.08. The lowest BCUT2D eigenvalue weighted by atomic mass is 10.3. The Bertz CT molecular complexity index is 301. The molecular formula is C6H5ClF3N3. The molecule has 1 atom stereocenters. The topological polar surface area (TPSA) is 51.8 Å². The summed E-state index contributed by atoms with van der Waals surface area (Å²) in [7, 11) is 0. The number of hydrogen-bond donors (Lipinski definition) is 1. The Morgan fingerprint density at radius 2 is 1.85 bits per heavy atom. The zero-order valence-electron chi connectivity index (χ0n) is 6.22. The second-order valence-corrected chi connectivity index (χ2v) is 2.67. The Kier molecular flexibility index (Phi) is 2.60. The molecule has 2 N–H and O–H groups in total. The highest BCUT2D eigenvalue weighted by atomic mass is 35.5. The molecule has 0 aliphatic carbocycles. The molecule has 1 aromatic rings. The summed E-state index contributed by atoms with van der Waals surface area (Å²) in [5.41, 5.74) is 4.70. The predicted octanol–water partition coefficient (Wildman–Crippen LogP) is 1.90. The van der Waals surface area contributed by atoms with Crippen molar-refractivity contribution in [1.82, 2.24) is 9.97 Å². The number of nitrogens with two attached hydrogens (primary N) is 1. The van der Waals surface area contributed by atoms with Gasteiger partial charge in [0.1, 0.15) is 11.5 Å². The molecule has 0 radical (unpaired) electrons. The number of nitrogen functional groups attached to an aromatic ring is 1. The maximum atomic E-state index is 12.1. The van der Waals surface area contributed by atoms with E-state index in [0.717, 1.165) is 6.20 Å². The van der Waals surface area contributed by atoms with E-state index in [4.69, 9.17) is 17.3 Å². The van der Waals surface area contributed by atoms with Crippen LogP contribution in [0.25, 0.3) is 0 Å². The fourth-order valence-corrected chi connectivity index (χ4v) is 0.878. The number of rotatable bonds is 1. The molecular weight excluding hydrogens is 207 g/mol. The standard InChI is InChI=1S/C6H5ClF3N3/c7-4(6(8,9)10)3-5(11)13-2-1-12-3/h1-2,4H,(H2,11,13). The van der Waals surface area contributed by atoms with E-state index in [1.807, 2.05) is 0 Å². The maximum Gasteiger partial charge on any atom is 0.410 e. The Balaban J connectivity index is 3.02. The molecule has 7 heteroatoms.